The van der Waals surface area contributed by atoms with E-state index in [0.717, 1.165) is 11.3 Å². The van der Waals surface area contributed by atoms with Crippen molar-refractivity contribution in [1.82, 2.24) is 5.32 Å². The average molecular weight is 353 g/mol. The number of hydrogen-bond acceptors (Lipinski definition) is 4. The van der Waals surface area contributed by atoms with Gasteiger partial charge in [-0.05, 0) is 29.1 Å². The van der Waals surface area contributed by atoms with Crippen LogP contribution in [0.15, 0.2) is 40.9 Å². The van der Waals surface area contributed by atoms with Crippen molar-refractivity contribution in [3.8, 4) is 0 Å². The number of carbonyl (C=O) groups excluding carboxylic acids is 1. The molecule has 120 valence electrons. The van der Waals surface area contributed by atoms with Crippen molar-refractivity contribution in [1.29, 1.82) is 0 Å². The lowest BCUT2D eigenvalue weighted by molar-refractivity contribution is 0.0755. The molecule has 1 aromatic carbocycles. The van der Waals surface area contributed by atoms with Gasteiger partial charge in [0.25, 0.3) is 5.91 Å². The molecule has 1 aliphatic heterocycles. The van der Waals surface area contributed by atoms with Crippen molar-refractivity contribution in [3.63, 3.8) is 0 Å². The Bertz CT molecular complexity index is 730. The largest absolute Gasteiger partial charge is 0.390 e. The van der Waals surface area contributed by atoms with E-state index < -0.39 is 0 Å². The van der Waals surface area contributed by atoms with Gasteiger partial charge in [0, 0.05) is 12.8 Å². The van der Waals surface area contributed by atoms with Crippen molar-refractivity contribution in [2.75, 3.05) is 6.54 Å². The molecule has 23 heavy (non-hydrogen) atoms. The number of nitrogens with one attached hydrogen (secondary N) is 1. The molecular weight excluding hydrogens is 339 g/mol. The highest BCUT2D eigenvalue weighted by atomic mass is 35.5. The molecule has 1 unspecified atom stereocenters. The van der Waals surface area contributed by atoms with Gasteiger partial charge < -0.3 is 10.2 Å². The van der Waals surface area contributed by atoms with Gasteiger partial charge in [-0.3, -0.25) is 4.79 Å². The van der Waals surface area contributed by atoms with E-state index in [1.54, 1.807) is 23.6 Å². The predicted molar refractivity (Wildman–Crippen MR) is 88.7 cm³/mol. The lowest BCUT2D eigenvalue weighted by Crippen LogP contribution is -2.32. The van der Waals surface area contributed by atoms with Crippen LogP contribution >= 0.6 is 22.9 Å². The van der Waals surface area contributed by atoms with Gasteiger partial charge in [-0.2, -0.15) is 0 Å². The summed E-state index contributed by atoms with van der Waals surface area (Å²) in [6.07, 6.45) is 1.06. The van der Waals surface area contributed by atoms with E-state index in [4.69, 9.17) is 16.4 Å². The van der Waals surface area contributed by atoms with E-state index in [-0.39, 0.29) is 17.8 Å². The fraction of sp³-hybridized carbons (Fsp3) is 0.250. The number of nitrogens with zero attached hydrogens (tertiary/aromatic N) is 1. The van der Waals surface area contributed by atoms with E-state index >= 15 is 0 Å². The molecule has 0 saturated heterocycles. The smallest absolute Gasteiger partial charge is 0.263 e. The quantitative estimate of drug-likeness (QED) is 0.892. The average Bonchev–Trinajstić information content (AvgIpc) is 3.16. The normalized spacial score (nSPS) is 16.8. The maximum Gasteiger partial charge on any atom is 0.263 e. The topological polar surface area (TPSA) is 50.7 Å². The number of thiophene rings is 1. The van der Waals surface area contributed by atoms with E-state index in [1.165, 1.54) is 23.5 Å². The van der Waals surface area contributed by atoms with Crippen LogP contribution in [0.3, 0.4) is 0 Å². The second kappa shape index (κ2) is 7.10. The molecule has 4 nitrogen and oxygen atoms in total. The summed E-state index contributed by atoms with van der Waals surface area (Å²) in [5, 5.41) is 9.06. The first-order valence-electron chi connectivity index (χ1n) is 7.09. The Labute approximate surface area is 141 Å². The minimum absolute atomic E-state index is 0.187. The molecule has 2 heterocycles. The summed E-state index contributed by atoms with van der Waals surface area (Å²) in [5.74, 6) is -0.466. The summed E-state index contributed by atoms with van der Waals surface area (Å²) in [6, 6.07) is 8.00. The molecule has 3 rings (SSSR count). The maximum absolute atomic E-state index is 12.9. The highest BCUT2D eigenvalue weighted by molar-refractivity contribution is 7.12. The number of amides is 1. The molecule has 1 N–H and O–H groups in total. The van der Waals surface area contributed by atoms with Gasteiger partial charge in [-0.25, -0.2) is 4.39 Å². The summed E-state index contributed by atoms with van der Waals surface area (Å²) in [4.78, 5) is 17.8. The van der Waals surface area contributed by atoms with Gasteiger partial charge in [0.15, 0.2) is 0 Å². The monoisotopic (exact) mass is 352 g/mol. The SMILES string of the molecule is O=C(NCC1CC(Cc2ccc(F)cc2)=NO1)c1sccc1Cl. The molecule has 0 bridgehead atoms. The molecule has 1 aromatic heterocycles. The van der Waals surface area contributed by atoms with E-state index in [9.17, 15) is 9.18 Å². The third-order valence-electron chi connectivity index (χ3n) is 3.43. The molecule has 0 fully saturated rings. The molecule has 0 radical (unpaired) electrons. The van der Waals surface area contributed by atoms with Crippen LogP contribution in [-0.2, 0) is 11.3 Å². The van der Waals surface area contributed by atoms with Crippen LogP contribution in [0.4, 0.5) is 4.39 Å². The van der Waals surface area contributed by atoms with Gasteiger partial charge in [0.2, 0.25) is 0 Å². The first-order chi connectivity index (χ1) is 11.1. The van der Waals surface area contributed by atoms with Crippen molar-refractivity contribution < 1.29 is 14.0 Å². The number of rotatable bonds is 5. The molecule has 1 aliphatic rings. The van der Waals surface area contributed by atoms with E-state index in [1.807, 2.05) is 0 Å². The van der Waals surface area contributed by atoms with Crippen LogP contribution in [-0.4, -0.2) is 24.3 Å². The van der Waals surface area contributed by atoms with Gasteiger partial charge in [0.1, 0.15) is 16.8 Å². The molecule has 0 spiro atoms. The zero-order valence-corrected chi connectivity index (χ0v) is 13.7. The zero-order valence-electron chi connectivity index (χ0n) is 12.1. The fourth-order valence-corrected chi connectivity index (χ4v) is 3.34. The standard InChI is InChI=1S/C16H14ClFN2O2S/c17-14-5-6-23-15(14)16(21)19-9-13-8-12(20-22-13)7-10-1-3-11(18)4-2-10/h1-6,13H,7-9H2,(H,19,21). The minimum Gasteiger partial charge on any atom is -0.390 e. The Balaban J connectivity index is 1.47. The van der Waals surface area contributed by atoms with E-state index in [0.29, 0.717) is 29.3 Å². The lowest BCUT2D eigenvalue weighted by atomic mass is 10.0. The van der Waals surface area contributed by atoms with Gasteiger partial charge >= 0.3 is 0 Å². The predicted octanol–water partition coefficient (Wildman–Crippen LogP) is 3.66. The van der Waals surface area contributed by atoms with Crippen molar-refractivity contribution in [2.24, 2.45) is 5.16 Å². The molecule has 0 saturated carbocycles. The van der Waals surface area contributed by atoms with Crippen LogP contribution in [0, 0.1) is 5.82 Å². The summed E-state index contributed by atoms with van der Waals surface area (Å²) in [5.41, 5.74) is 1.86. The van der Waals surface area contributed by atoms with Gasteiger partial charge in [-0.15, -0.1) is 11.3 Å². The molecule has 7 heteroatoms. The Morgan fingerprint density at radius 3 is 2.87 bits per heavy atom. The molecule has 2 aromatic rings. The molecule has 1 amide bonds. The third-order valence-corrected chi connectivity index (χ3v) is 4.77. The van der Waals surface area contributed by atoms with Crippen molar-refractivity contribution >= 4 is 34.6 Å². The summed E-state index contributed by atoms with van der Waals surface area (Å²) >= 11 is 7.22. The van der Waals surface area contributed by atoms with Crippen LogP contribution in [0.1, 0.15) is 21.7 Å². The Hall–Kier alpha value is -1.92. The number of benzene rings is 1. The molecule has 0 aliphatic carbocycles. The lowest BCUT2D eigenvalue weighted by Gasteiger charge is -2.09. The highest BCUT2D eigenvalue weighted by Gasteiger charge is 2.22. The summed E-state index contributed by atoms with van der Waals surface area (Å²) in [7, 11) is 0. The second-order valence-electron chi connectivity index (χ2n) is 5.20. The zero-order chi connectivity index (χ0) is 16.2. The molecule has 1 atom stereocenters. The first-order valence-corrected chi connectivity index (χ1v) is 8.35. The van der Waals surface area contributed by atoms with Gasteiger partial charge in [-0.1, -0.05) is 28.9 Å². The van der Waals surface area contributed by atoms with Crippen molar-refractivity contribution in [2.45, 2.75) is 18.9 Å². The van der Waals surface area contributed by atoms with E-state index in [2.05, 4.69) is 10.5 Å². The molecular formula is C16H14ClFN2O2S. The van der Waals surface area contributed by atoms with Gasteiger partial charge in [0.05, 0.1) is 17.3 Å². The Morgan fingerprint density at radius 2 is 2.17 bits per heavy atom. The number of oxime groups is 1. The summed E-state index contributed by atoms with van der Waals surface area (Å²) in [6.45, 7) is 0.365. The van der Waals surface area contributed by atoms with Crippen molar-refractivity contribution in [3.05, 3.63) is 57.0 Å². The van der Waals surface area contributed by atoms with Crippen LogP contribution in [0.5, 0.6) is 0 Å². The minimum atomic E-state index is -0.258. The number of halogens is 2. The van der Waals surface area contributed by atoms with Crippen LogP contribution in [0.25, 0.3) is 0 Å². The third kappa shape index (κ3) is 4.09. The Kier molecular flexibility index (Phi) is 4.93. The maximum atomic E-state index is 12.9. The van der Waals surface area contributed by atoms with Crippen LogP contribution in [0.2, 0.25) is 5.02 Å². The number of carbonyl (C=O) groups is 1. The fourth-order valence-electron chi connectivity index (χ4n) is 2.28. The highest BCUT2D eigenvalue weighted by Crippen LogP contribution is 2.22. The summed E-state index contributed by atoms with van der Waals surface area (Å²) < 4.78 is 12.9. The Morgan fingerprint density at radius 1 is 1.39 bits per heavy atom. The first kappa shape index (κ1) is 16.0. The second-order valence-corrected chi connectivity index (χ2v) is 6.52. The van der Waals surface area contributed by atoms with Crippen LogP contribution < -0.4 is 5.32 Å². The number of hydrogen-bond donors (Lipinski definition) is 1.